The van der Waals surface area contributed by atoms with E-state index in [-0.39, 0.29) is 30.6 Å². The van der Waals surface area contributed by atoms with E-state index in [1.165, 1.54) is 25.7 Å². The highest BCUT2D eigenvalue weighted by atomic mass is 16.5. The van der Waals surface area contributed by atoms with Crippen LogP contribution in [-0.2, 0) is 6.42 Å². The highest BCUT2D eigenvalue weighted by Crippen LogP contribution is 2.29. The quantitative estimate of drug-likeness (QED) is 0.595. The summed E-state index contributed by atoms with van der Waals surface area (Å²) in [6.45, 7) is 6.26. The Labute approximate surface area is 215 Å². The fourth-order valence-electron chi connectivity index (χ4n) is 5.25. The SMILES string of the molecule is C[C@H]1CN([C@@H](C)CO)C(=O)c2cc(C#CCc3ccccc3)cnc2O[C@@H]1CN(C)CC1CCCC1. The molecule has 192 valence electrons. The van der Waals surface area contributed by atoms with Crippen LogP contribution in [0.5, 0.6) is 5.88 Å². The first-order valence-corrected chi connectivity index (χ1v) is 13.2. The summed E-state index contributed by atoms with van der Waals surface area (Å²) in [4.78, 5) is 22.3. The third-order valence-electron chi connectivity index (χ3n) is 7.43. The predicted molar refractivity (Wildman–Crippen MR) is 142 cm³/mol. The number of hydrogen-bond acceptors (Lipinski definition) is 5. The van der Waals surface area contributed by atoms with E-state index in [9.17, 15) is 9.90 Å². The van der Waals surface area contributed by atoms with E-state index in [0.717, 1.165) is 24.6 Å². The molecule has 1 aliphatic heterocycles. The fourth-order valence-corrected chi connectivity index (χ4v) is 5.25. The van der Waals surface area contributed by atoms with Gasteiger partial charge in [-0.2, -0.15) is 0 Å². The summed E-state index contributed by atoms with van der Waals surface area (Å²) in [5.41, 5.74) is 2.24. The lowest BCUT2D eigenvalue weighted by molar-refractivity contribution is 0.0320. The van der Waals surface area contributed by atoms with Crippen LogP contribution in [0.25, 0.3) is 0 Å². The zero-order valence-electron chi connectivity index (χ0n) is 21.8. The van der Waals surface area contributed by atoms with Crippen LogP contribution in [0.4, 0.5) is 0 Å². The van der Waals surface area contributed by atoms with Crippen LogP contribution in [0, 0.1) is 23.7 Å². The standard InChI is InChI=1S/C30H39N3O3/c1-22-18-33(23(2)21-34)30(35)27-16-26(15-9-14-24-10-5-4-6-11-24)17-31-29(27)36-28(22)20-32(3)19-25-12-7-8-13-25/h4-6,10-11,16-17,22-23,25,28,34H,7-8,12-14,18-21H2,1-3H3/t22-,23-,28+/m0/s1. The Kier molecular flexibility index (Phi) is 9.01. The van der Waals surface area contributed by atoms with Gasteiger partial charge in [0.05, 0.1) is 12.6 Å². The van der Waals surface area contributed by atoms with E-state index in [4.69, 9.17) is 4.74 Å². The summed E-state index contributed by atoms with van der Waals surface area (Å²) < 4.78 is 6.43. The van der Waals surface area contributed by atoms with Crippen LogP contribution in [0.1, 0.15) is 61.0 Å². The average molecular weight is 490 g/mol. The van der Waals surface area contributed by atoms with Crippen LogP contribution in [0.15, 0.2) is 42.6 Å². The summed E-state index contributed by atoms with van der Waals surface area (Å²) in [5.74, 6) is 7.38. The van der Waals surface area contributed by atoms with Gasteiger partial charge in [0.25, 0.3) is 5.91 Å². The number of fused-ring (bicyclic) bond motifs is 1. The number of benzene rings is 1. The maximum absolute atomic E-state index is 13.6. The lowest BCUT2D eigenvalue weighted by atomic mass is 9.99. The van der Waals surface area contributed by atoms with Crippen molar-refractivity contribution in [2.45, 2.75) is 58.1 Å². The molecular formula is C30H39N3O3. The van der Waals surface area contributed by atoms with Gasteiger partial charge in [0, 0.05) is 43.7 Å². The number of carbonyl (C=O) groups is 1. The van der Waals surface area contributed by atoms with E-state index in [0.29, 0.717) is 30.0 Å². The third-order valence-corrected chi connectivity index (χ3v) is 7.43. The Morgan fingerprint density at radius 1 is 1.22 bits per heavy atom. The molecule has 0 bridgehead atoms. The normalized spacial score (nSPS) is 21.2. The number of aromatic nitrogens is 1. The van der Waals surface area contributed by atoms with Crippen molar-refractivity contribution in [3.8, 4) is 17.7 Å². The Balaban J connectivity index is 1.57. The Hall–Kier alpha value is -2.88. The number of ether oxygens (including phenoxy) is 1. The number of pyridine rings is 1. The lowest BCUT2D eigenvalue weighted by Gasteiger charge is -2.38. The molecule has 2 heterocycles. The topological polar surface area (TPSA) is 65.9 Å². The second kappa shape index (κ2) is 12.4. The first kappa shape index (κ1) is 26.2. The van der Waals surface area contributed by atoms with E-state index in [2.05, 4.69) is 35.7 Å². The van der Waals surface area contributed by atoms with Crippen LogP contribution in [0.2, 0.25) is 0 Å². The molecule has 1 fully saturated rings. The summed E-state index contributed by atoms with van der Waals surface area (Å²) >= 11 is 0. The van der Waals surface area contributed by atoms with Gasteiger partial charge in [0.2, 0.25) is 5.88 Å². The van der Waals surface area contributed by atoms with Crippen molar-refractivity contribution in [3.63, 3.8) is 0 Å². The van der Waals surface area contributed by atoms with Gasteiger partial charge < -0.3 is 19.6 Å². The number of aliphatic hydroxyl groups excluding tert-OH is 1. The van der Waals surface area contributed by atoms with E-state index in [1.54, 1.807) is 17.2 Å². The maximum atomic E-state index is 13.6. The third kappa shape index (κ3) is 6.66. The molecule has 1 saturated carbocycles. The molecule has 1 aliphatic carbocycles. The lowest BCUT2D eigenvalue weighted by Crippen LogP contribution is -2.50. The number of hydrogen-bond donors (Lipinski definition) is 1. The number of nitrogens with zero attached hydrogens (tertiary/aromatic N) is 3. The van der Waals surface area contributed by atoms with Gasteiger partial charge in [-0.1, -0.05) is 61.9 Å². The minimum Gasteiger partial charge on any atom is -0.472 e. The summed E-state index contributed by atoms with van der Waals surface area (Å²) in [7, 11) is 2.16. The molecule has 0 saturated heterocycles. The van der Waals surface area contributed by atoms with Gasteiger partial charge >= 0.3 is 0 Å². The molecule has 2 aromatic rings. The largest absolute Gasteiger partial charge is 0.472 e. The van der Waals surface area contributed by atoms with Crippen LogP contribution in [0.3, 0.4) is 0 Å². The van der Waals surface area contributed by atoms with Crippen LogP contribution in [-0.4, -0.2) is 71.2 Å². The summed E-state index contributed by atoms with van der Waals surface area (Å²) in [5, 5.41) is 9.88. The Morgan fingerprint density at radius 2 is 1.97 bits per heavy atom. The maximum Gasteiger partial charge on any atom is 0.259 e. The molecule has 36 heavy (non-hydrogen) atoms. The number of aliphatic hydroxyl groups is 1. The molecule has 1 amide bonds. The molecule has 6 heteroatoms. The molecule has 1 N–H and O–H groups in total. The molecule has 1 aromatic carbocycles. The van der Waals surface area contributed by atoms with Gasteiger partial charge in [-0.15, -0.1) is 0 Å². The minimum absolute atomic E-state index is 0.0919. The minimum atomic E-state index is -0.296. The van der Waals surface area contributed by atoms with Gasteiger partial charge in [0.15, 0.2) is 0 Å². The molecular weight excluding hydrogens is 450 g/mol. The Morgan fingerprint density at radius 3 is 2.69 bits per heavy atom. The van der Waals surface area contributed by atoms with Gasteiger partial charge in [-0.25, -0.2) is 4.98 Å². The molecule has 2 aliphatic rings. The molecule has 0 radical (unpaired) electrons. The Bertz CT molecular complexity index is 1070. The first-order valence-electron chi connectivity index (χ1n) is 13.2. The second-order valence-electron chi connectivity index (χ2n) is 10.5. The summed E-state index contributed by atoms with van der Waals surface area (Å²) in [6.07, 6.45) is 7.48. The van der Waals surface area contributed by atoms with E-state index in [1.807, 2.05) is 37.3 Å². The number of rotatable bonds is 7. The highest BCUT2D eigenvalue weighted by molar-refractivity contribution is 5.97. The average Bonchev–Trinajstić information content (AvgIpc) is 3.39. The second-order valence-corrected chi connectivity index (χ2v) is 10.5. The first-order chi connectivity index (χ1) is 17.4. The molecule has 1 aromatic heterocycles. The van der Waals surface area contributed by atoms with Gasteiger partial charge in [-0.05, 0) is 44.4 Å². The van der Waals surface area contributed by atoms with Crippen molar-refractivity contribution < 1.29 is 14.6 Å². The van der Waals surface area contributed by atoms with Crippen molar-refractivity contribution in [1.82, 2.24) is 14.8 Å². The van der Waals surface area contributed by atoms with Gasteiger partial charge in [0.1, 0.15) is 11.7 Å². The van der Waals surface area contributed by atoms with Crippen molar-refractivity contribution in [2.75, 3.05) is 33.3 Å². The number of amides is 1. The smallest absolute Gasteiger partial charge is 0.259 e. The van der Waals surface area contributed by atoms with Crippen LogP contribution >= 0.6 is 0 Å². The molecule has 6 nitrogen and oxygen atoms in total. The fraction of sp³-hybridized carbons (Fsp3) is 0.533. The van der Waals surface area contributed by atoms with E-state index < -0.39 is 0 Å². The van der Waals surface area contributed by atoms with Crippen molar-refractivity contribution >= 4 is 5.91 Å². The van der Waals surface area contributed by atoms with Crippen molar-refractivity contribution in [2.24, 2.45) is 11.8 Å². The molecule has 0 unspecified atom stereocenters. The number of likely N-dealkylation sites (N-methyl/N-ethyl adjacent to an activating group) is 1. The zero-order valence-corrected chi connectivity index (χ0v) is 21.8. The molecule has 3 atom stereocenters. The molecule has 0 spiro atoms. The number of carbonyl (C=O) groups excluding carboxylic acids is 1. The van der Waals surface area contributed by atoms with Gasteiger partial charge in [-0.3, -0.25) is 4.79 Å². The van der Waals surface area contributed by atoms with Crippen molar-refractivity contribution in [1.29, 1.82) is 0 Å². The molecule has 4 rings (SSSR count). The monoisotopic (exact) mass is 489 g/mol. The van der Waals surface area contributed by atoms with E-state index >= 15 is 0 Å². The predicted octanol–water partition coefficient (Wildman–Crippen LogP) is 4.02. The van der Waals surface area contributed by atoms with Crippen molar-refractivity contribution in [3.05, 3.63) is 59.3 Å². The zero-order chi connectivity index (χ0) is 25.5. The van der Waals surface area contributed by atoms with Crippen LogP contribution < -0.4 is 4.74 Å². The highest BCUT2D eigenvalue weighted by Gasteiger charge is 2.34. The summed E-state index contributed by atoms with van der Waals surface area (Å²) in [6, 6.07) is 11.6.